The Morgan fingerprint density at radius 3 is 2.73 bits per heavy atom. The summed E-state index contributed by atoms with van der Waals surface area (Å²) < 4.78 is 1.96. The number of hydrogen-bond donors (Lipinski definition) is 0. The van der Waals surface area contributed by atoms with Gasteiger partial charge in [-0.05, 0) is 36.8 Å². The number of aromatic nitrogens is 2. The summed E-state index contributed by atoms with van der Waals surface area (Å²) >= 11 is 0. The number of hydrogen-bond acceptors (Lipinski definition) is 2. The highest BCUT2D eigenvalue weighted by molar-refractivity contribution is 5.82. The Labute approximate surface area is 132 Å². The van der Waals surface area contributed by atoms with Gasteiger partial charge < -0.3 is 4.90 Å². The van der Waals surface area contributed by atoms with Crippen molar-refractivity contribution in [3.05, 3.63) is 30.0 Å². The summed E-state index contributed by atoms with van der Waals surface area (Å²) in [5.74, 6) is 1.48. The van der Waals surface area contributed by atoms with E-state index in [1.807, 2.05) is 21.8 Å². The summed E-state index contributed by atoms with van der Waals surface area (Å²) in [7, 11) is 0. The lowest BCUT2D eigenvalue weighted by Gasteiger charge is -2.35. The number of fused-ring (bicyclic) bond motifs is 1. The number of carbonyl (C=O) groups is 1. The van der Waals surface area contributed by atoms with Crippen LogP contribution >= 0.6 is 0 Å². The van der Waals surface area contributed by atoms with Crippen LogP contribution in [0.15, 0.2) is 24.4 Å². The third-order valence-corrected chi connectivity index (χ3v) is 4.66. The highest BCUT2D eigenvalue weighted by atomic mass is 16.2. The molecule has 1 amide bonds. The fourth-order valence-corrected chi connectivity index (χ4v) is 3.65. The van der Waals surface area contributed by atoms with Gasteiger partial charge in [-0.15, -0.1) is 0 Å². The van der Waals surface area contributed by atoms with Gasteiger partial charge in [-0.2, -0.15) is 5.10 Å². The highest BCUT2D eigenvalue weighted by Gasteiger charge is 2.25. The first kappa shape index (κ1) is 15.1. The normalized spacial score (nSPS) is 22.2. The maximum absolute atomic E-state index is 12.5. The maximum atomic E-state index is 12.5. The van der Waals surface area contributed by atoms with Gasteiger partial charge in [0.2, 0.25) is 5.91 Å². The van der Waals surface area contributed by atoms with Gasteiger partial charge in [-0.25, -0.2) is 0 Å². The molecule has 118 valence electrons. The van der Waals surface area contributed by atoms with Crippen LogP contribution in [0.1, 0.15) is 32.3 Å². The van der Waals surface area contributed by atoms with Gasteiger partial charge in [-0.1, -0.05) is 26.0 Å². The fourth-order valence-electron chi connectivity index (χ4n) is 3.65. The van der Waals surface area contributed by atoms with Crippen molar-refractivity contribution >= 4 is 16.8 Å². The highest BCUT2D eigenvalue weighted by Crippen LogP contribution is 2.22. The summed E-state index contributed by atoms with van der Waals surface area (Å²) in [6, 6.07) is 6.21. The van der Waals surface area contributed by atoms with Crippen LogP contribution in [-0.4, -0.2) is 33.7 Å². The Kier molecular flexibility index (Phi) is 4.19. The Morgan fingerprint density at radius 1 is 1.27 bits per heavy atom. The van der Waals surface area contributed by atoms with E-state index in [2.05, 4.69) is 38.0 Å². The molecule has 0 unspecified atom stereocenters. The van der Waals surface area contributed by atoms with Crippen molar-refractivity contribution in [1.82, 2.24) is 14.7 Å². The third-order valence-electron chi connectivity index (χ3n) is 4.66. The van der Waals surface area contributed by atoms with E-state index in [9.17, 15) is 4.79 Å². The van der Waals surface area contributed by atoms with Crippen LogP contribution in [0.2, 0.25) is 0 Å². The molecular formula is C18H25N3O. The lowest BCUT2D eigenvalue weighted by Crippen LogP contribution is -2.42. The summed E-state index contributed by atoms with van der Waals surface area (Å²) in [5.41, 5.74) is 2.35. The van der Waals surface area contributed by atoms with Crippen molar-refractivity contribution in [3.63, 3.8) is 0 Å². The van der Waals surface area contributed by atoms with Crippen molar-refractivity contribution < 1.29 is 4.79 Å². The molecule has 3 rings (SSSR count). The molecule has 0 radical (unpaired) electrons. The molecule has 2 heterocycles. The first-order chi connectivity index (χ1) is 10.5. The van der Waals surface area contributed by atoms with E-state index in [1.165, 1.54) is 17.4 Å². The predicted molar refractivity (Wildman–Crippen MR) is 88.6 cm³/mol. The second-order valence-electron chi connectivity index (χ2n) is 6.87. The molecule has 1 fully saturated rings. The molecule has 4 nitrogen and oxygen atoms in total. The van der Waals surface area contributed by atoms with Crippen LogP contribution in [-0.2, 0) is 11.3 Å². The molecule has 4 heteroatoms. The average molecular weight is 299 g/mol. The van der Waals surface area contributed by atoms with Gasteiger partial charge in [0.15, 0.2) is 0 Å². The van der Waals surface area contributed by atoms with E-state index in [1.54, 1.807) is 0 Å². The van der Waals surface area contributed by atoms with Crippen LogP contribution in [0.5, 0.6) is 0 Å². The van der Waals surface area contributed by atoms with Crippen LogP contribution in [0, 0.1) is 18.8 Å². The van der Waals surface area contributed by atoms with E-state index < -0.39 is 0 Å². The number of nitrogens with zero attached hydrogens (tertiary/aromatic N) is 3. The maximum Gasteiger partial charge on any atom is 0.224 e. The van der Waals surface area contributed by atoms with E-state index >= 15 is 0 Å². The number of benzene rings is 1. The third kappa shape index (κ3) is 3.01. The minimum atomic E-state index is 0.259. The van der Waals surface area contributed by atoms with Gasteiger partial charge in [-0.3, -0.25) is 9.48 Å². The van der Waals surface area contributed by atoms with Gasteiger partial charge in [0, 0.05) is 24.9 Å². The van der Waals surface area contributed by atoms with Crippen molar-refractivity contribution in [2.45, 2.75) is 40.2 Å². The molecule has 1 aliphatic rings. The van der Waals surface area contributed by atoms with E-state index in [4.69, 9.17) is 0 Å². The van der Waals surface area contributed by atoms with Gasteiger partial charge in [0.05, 0.1) is 18.3 Å². The van der Waals surface area contributed by atoms with Crippen molar-refractivity contribution in [1.29, 1.82) is 0 Å². The second kappa shape index (κ2) is 6.11. The lowest BCUT2D eigenvalue weighted by molar-refractivity contribution is -0.134. The summed E-state index contributed by atoms with van der Waals surface area (Å²) in [6.07, 6.45) is 3.66. The predicted octanol–water partition coefficient (Wildman–Crippen LogP) is 3.24. The molecule has 0 bridgehead atoms. The van der Waals surface area contributed by atoms with Crippen molar-refractivity contribution in [2.75, 3.05) is 13.1 Å². The van der Waals surface area contributed by atoms with Crippen LogP contribution in [0.25, 0.3) is 10.9 Å². The molecular weight excluding hydrogens is 274 g/mol. The minimum Gasteiger partial charge on any atom is -0.342 e. The molecule has 1 aromatic carbocycles. The average Bonchev–Trinajstić information content (AvgIpc) is 2.88. The van der Waals surface area contributed by atoms with Crippen LogP contribution in [0.4, 0.5) is 0 Å². The number of piperidine rings is 1. The zero-order chi connectivity index (χ0) is 15.7. The number of rotatable bonds is 3. The number of amides is 1. The molecule has 2 atom stereocenters. The molecule has 22 heavy (non-hydrogen) atoms. The zero-order valence-corrected chi connectivity index (χ0v) is 13.7. The van der Waals surface area contributed by atoms with E-state index in [0.29, 0.717) is 24.8 Å². The Hall–Kier alpha value is -1.84. The first-order valence-corrected chi connectivity index (χ1v) is 8.23. The summed E-state index contributed by atoms with van der Waals surface area (Å²) in [5, 5.41) is 5.63. The summed E-state index contributed by atoms with van der Waals surface area (Å²) in [6.45, 7) is 9.03. The molecule has 1 aromatic heterocycles. The monoisotopic (exact) mass is 299 g/mol. The fraction of sp³-hybridized carbons (Fsp3) is 0.556. The van der Waals surface area contributed by atoms with Gasteiger partial charge in [0.25, 0.3) is 0 Å². The molecule has 2 aromatic rings. The Morgan fingerprint density at radius 2 is 2.00 bits per heavy atom. The lowest BCUT2D eigenvalue weighted by atomic mass is 9.92. The Balaban J connectivity index is 1.66. The summed E-state index contributed by atoms with van der Waals surface area (Å²) in [4.78, 5) is 14.5. The molecule has 1 saturated heterocycles. The molecule has 1 aliphatic heterocycles. The van der Waals surface area contributed by atoms with Crippen molar-refractivity contribution in [2.24, 2.45) is 11.8 Å². The first-order valence-electron chi connectivity index (χ1n) is 8.23. The van der Waals surface area contributed by atoms with Gasteiger partial charge >= 0.3 is 0 Å². The van der Waals surface area contributed by atoms with E-state index in [0.717, 1.165) is 18.6 Å². The van der Waals surface area contributed by atoms with Gasteiger partial charge in [0.1, 0.15) is 0 Å². The van der Waals surface area contributed by atoms with Crippen LogP contribution < -0.4 is 0 Å². The number of aryl methyl sites for hydroxylation is 2. The SMILES string of the molecule is Cc1cccc2c1cnn2CCC(=O)N1C[C@@H](C)C[C@H](C)C1. The molecule has 0 N–H and O–H groups in total. The molecule has 0 spiro atoms. The second-order valence-corrected chi connectivity index (χ2v) is 6.87. The standard InChI is InChI=1S/C18H25N3O/c1-13-9-14(2)12-20(11-13)18(22)7-8-21-17-6-4-5-15(3)16(17)10-19-21/h4-6,10,13-14H,7-9,11-12H2,1-3H3/t13-,14-/m0/s1. The molecule has 0 aliphatic carbocycles. The van der Waals surface area contributed by atoms with Crippen LogP contribution in [0.3, 0.4) is 0 Å². The number of likely N-dealkylation sites (tertiary alicyclic amines) is 1. The van der Waals surface area contributed by atoms with E-state index in [-0.39, 0.29) is 5.91 Å². The zero-order valence-electron chi connectivity index (χ0n) is 13.7. The Bertz CT molecular complexity index is 666. The molecule has 0 saturated carbocycles. The largest absolute Gasteiger partial charge is 0.342 e. The quantitative estimate of drug-likeness (QED) is 0.872. The minimum absolute atomic E-state index is 0.259. The van der Waals surface area contributed by atoms with Crippen molar-refractivity contribution in [3.8, 4) is 0 Å². The smallest absolute Gasteiger partial charge is 0.224 e. The number of carbonyl (C=O) groups excluding carboxylic acids is 1. The topological polar surface area (TPSA) is 38.1 Å².